The number of hydrogen-bond donors (Lipinski definition) is 0. The Kier molecular flexibility index (Phi) is 11.4. The molecule has 0 aliphatic carbocycles. The molecule has 0 bridgehead atoms. The van der Waals surface area contributed by atoms with Crippen LogP contribution in [-0.4, -0.2) is 76.1 Å². The topological polar surface area (TPSA) is 172 Å². The SMILES string of the molecule is CC(=[OH+])[CH-]C(=[OH+])c1ccc([N+](=O)[O-])cc1.CC(=[OH+])[CH-]C(=[OH+])c1ccc([N+](=O)[O-])cc1.[Sn]. The summed E-state index contributed by atoms with van der Waals surface area (Å²) >= 11 is 0. The van der Waals surface area contributed by atoms with Gasteiger partial charge in [0.25, 0.3) is 11.4 Å². The maximum atomic E-state index is 10.3. The first-order valence-corrected chi connectivity index (χ1v) is 8.37. The molecule has 0 saturated carbocycles. The van der Waals surface area contributed by atoms with Crippen LogP contribution in [0.4, 0.5) is 11.4 Å². The Bertz CT molecular complexity index is 904. The molecule has 4 radical (unpaired) electrons. The molecule has 0 atom stereocenters. The van der Waals surface area contributed by atoms with Gasteiger partial charge in [0.2, 0.25) is 23.1 Å². The minimum atomic E-state index is -0.520. The van der Waals surface area contributed by atoms with E-state index in [1.165, 1.54) is 75.2 Å². The summed E-state index contributed by atoms with van der Waals surface area (Å²) in [4.78, 5) is 56.3. The summed E-state index contributed by atoms with van der Waals surface area (Å²) in [5.74, 6) is -0.341. The van der Waals surface area contributed by atoms with Crippen molar-refractivity contribution >= 4 is 58.4 Å². The van der Waals surface area contributed by atoms with Crippen LogP contribution < -0.4 is 0 Å². The quantitative estimate of drug-likeness (QED) is 0.0960. The van der Waals surface area contributed by atoms with Gasteiger partial charge in [0, 0.05) is 37.8 Å². The van der Waals surface area contributed by atoms with E-state index >= 15 is 0 Å². The number of non-ortho nitro benzene ring substituents is 2. The molecule has 0 spiro atoms. The summed E-state index contributed by atoms with van der Waals surface area (Å²) in [6, 6.07) is 10.8. The van der Waals surface area contributed by atoms with Crippen LogP contribution in [0.25, 0.3) is 0 Å². The van der Waals surface area contributed by atoms with Gasteiger partial charge < -0.3 is 9.59 Å². The first-order chi connectivity index (χ1) is 14.0. The third-order valence-corrected chi connectivity index (χ3v) is 3.44. The number of nitrogens with zero attached hydrogens (tertiary/aromatic N) is 2. The van der Waals surface area contributed by atoms with Gasteiger partial charge in [0.05, 0.1) is 9.85 Å². The van der Waals surface area contributed by atoms with Crippen molar-refractivity contribution in [2.45, 2.75) is 13.8 Å². The Morgan fingerprint density at radius 2 is 0.935 bits per heavy atom. The summed E-state index contributed by atoms with van der Waals surface area (Å²) < 4.78 is 0. The molecule has 0 aliphatic rings. The van der Waals surface area contributed by atoms with Gasteiger partial charge in [-0.2, -0.15) is 0 Å². The van der Waals surface area contributed by atoms with Crippen molar-refractivity contribution in [1.82, 2.24) is 0 Å². The molecular formula is C20H20N2O8Sn+2. The minimum Gasteiger partial charge on any atom is -0.313 e. The fraction of sp³-hybridized carbons (Fsp3) is 0.100. The van der Waals surface area contributed by atoms with E-state index < -0.39 is 9.85 Å². The van der Waals surface area contributed by atoms with Crippen molar-refractivity contribution in [3.8, 4) is 0 Å². The van der Waals surface area contributed by atoms with Gasteiger partial charge in [-0.05, 0) is 37.1 Å². The van der Waals surface area contributed by atoms with Crippen molar-refractivity contribution in [2.75, 3.05) is 0 Å². The van der Waals surface area contributed by atoms with E-state index in [4.69, 9.17) is 9.59 Å². The maximum absolute atomic E-state index is 10.3. The Morgan fingerprint density at radius 1 is 0.677 bits per heavy atom. The van der Waals surface area contributed by atoms with Crippen molar-refractivity contribution in [2.24, 2.45) is 0 Å². The first-order valence-electron chi connectivity index (χ1n) is 8.37. The molecular weight excluding hydrogens is 515 g/mol. The van der Waals surface area contributed by atoms with E-state index in [9.17, 15) is 29.8 Å². The molecule has 0 aliphatic heterocycles. The third-order valence-electron chi connectivity index (χ3n) is 3.44. The summed E-state index contributed by atoms with van der Waals surface area (Å²) in [5.41, 5.74) is 0.732. The normalized spacial score (nSPS) is 9.10. The van der Waals surface area contributed by atoms with Gasteiger partial charge in [-0.3, -0.25) is 29.8 Å². The van der Waals surface area contributed by atoms with Crippen LogP contribution in [0.3, 0.4) is 0 Å². The zero-order valence-corrected chi connectivity index (χ0v) is 19.4. The molecule has 0 saturated heterocycles. The molecule has 4 N–H and O–H groups in total. The number of ketones is 4. The number of hydrogen-bond acceptors (Lipinski definition) is 4. The van der Waals surface area contributed by atoms with E-state index in [0.717, 1.165) is 0 Å². The third kappa shape index (κ3) is 9.67. The van der Waals surface area contributed by atoms with Crippen molar-refractivity contribution in [3.63, 3.8) is 0 Å². The molecule has 2 aromatic carbocycles. The predicted octanol–water partition coefficient (Wildman–Crippen LogP) is 2.13. The van der Waals surface area contributed by atoms with Crippen molar-refractivity contribution < 1.29 is 29.0 Å². The second-order valence-corrected chi connectivity index (χ2v) is 5.95. The first kappa shape index (κ1) is 27.5. The number of rotatable bonds is 8. The summed E-state index contributed by atoms with van der Waals surface area (Å²) in [6.07, 6.45) is 2.34. The average molecular weight is 535 g/mol. The monoisotopic (exact) mass is 536 g/mol. The molecule has 0 unspecified atom stereocenters. The van der Waals surface area contributed by atoms with Gasteiger partial charge >= 0.3 is 0 Å². The second-order valence-electron chi connectivity index (χ2n) is 5.95. The van der Waals surface area contributed by atoms with E-state index in [2.05, 4.69) is 0 Å². The molecule has 11 heteroatoms. The molecule has 0 amide bonds. The van der Waals surface area contributed by atoms with Crippen molar-refractivity contribution in [1.29, 1.82) is 0 Å². The second kappa shape index (κ2) is 12.9. The largest absolute Gasteiger partial charge is 0.313 e. The summed E-state index contributed by atoms with van der Waals surface area (Å²) in [6.45, 7) is 2.84. The van der Waals surface area contributed by atoms with Crippen LogP contribution in [0, 0.1) is 33.1 Å². The van der Waals surface area contributed by atoms with E-state index in [-0.39, 0.29) is 58.4 Å². The van der Waals surface area contributed by atoms with Gasteiger partial charge in [0.1, 0.15) is 0 Å². The minimum absolute atomic E-state index is 0. The van der Waals surface area contributed by atoms with Crippen molar-refractivity contribution in [3.05, 3.63) is 92.7 Å². The van der Waals surface area contributed by atoms with E-state index in [0.29, 0.717) is 11.1 Å². The van der Waals surface area contributed by atoms with Gasteiger partial charge in [-0.15, -0.1) is 24.3 Å². The summed E-state index contributed by atoms with van der Waals surface area (Å²) in [7, 11) is 0. The standard InChI is InChI=1S/2C10H8NO4.Sn/c2*1-7(12)6-10(13)8-2-4-9(5-3-8)11(14)15;/h2*2-6H,1H3;/q2*-1;/p+4. The van der Waals surface area contributed by atoms with Crippen LogP contribution in [0.1, 0.15) is 25.0 Å². The Labute approximate surface area is 193 Å². The maximum Gasteiger partial charge on any atom is 0.266 e. The fourth-order valence-electron chi connectivity index (χ4n) is 2.07. The van der Waals surface area contributed by atoms with Crippen LogP contribution in [0.15, 0.2) is 48.5 Å². The molecule has 0 heterocycles. The molecule has 2 rings (SSSR count). The van der Waals surface area contributed by atoms with E-state index in [1.807, 2.05) is 0 Å². The Morgan fingerprint density at radius 3 is 1.13 bits per heavy atom. The summed E-state index contributed by atoms with van der Waals surface area (Å²) in [5, 5.41) is 20.7. The van der Waals surface area contributed by atoms with Gasteiger partial charge in [-0.25, -0.2) is 0 Å². The zero-order chi connectivity index (χ0) is 22.8. The number of nitro benzene ring substituents is 2. The van der Waals surface area contributed by atoms with Crippen LogP contribution in [0.2, 0.25) is 0 Å². The molecule has 160 valence electrons. The smallest absolute Gasteiger partial charge is 0.266 e. The van der Waals surface area contributed by atoms with Crippen LogP contribution in [0.5, 0.6) is 0 Å². The molecule has 2 aromatic rings. The number of carbonyl (C=O) groups excluding carboxylic acids is 4. The fourth-order valence-corrected chi connectivity index (χ4v) is 2.07. The zero-order valence-electron chi connectivity index (χ0n) is 16.6. The van der Waals surface area contributed by atoms with Gasteiger partial charge in [0.15, 0.2) is 0 Å². The Balaban J connectivity index is 0.000000562. The van der Waals surface area contributed by atoms with E-state index in [1.54, 1.807) is 0 Å². The number of nitro groups is 2. The average Bonchev–Trinajstić information content (AvgIpc) is 2.67. The van der Waals surface area contributed by atoms with Crippen LogP contribution >= 0.6 is 0 Å². The Hall–Kier alpha value is -3.54. The molecule has 0 aromatic heterocycles. The van der Waals surface area contributed by atoms with Crippen LogP contribution in [-0.2, 0) is 0 Å². The molecule has 31 heavy (non-hydrogen) atoms. The number of benzene rings is 2. The predicted molar refractivity (Wildman–Crippen MR) is 118 cm³/mol. The molecule has 10 nitrogen and oxygen atoms in total. The van der Waals surface area contributed by atoms with Gasteiger partial charge in [-0.1, -0.05) is 11.1 Å². The molecule has 0 fully saturated rings.